The van der Waals surface area contributed by atoms with Gasteiger partial charge in [-0.15, -0.1) is 0 Å². The molecule has 1 aromatic rings. The molecule has 0 amide bonds. The largest absolute Gasteiger partial charge is 0.324 e. The number of hydrogen-bond donors (Lipinski definition) is 1. The Hall–Kier alpha value is -0.960. The van der Waals surface area contributed by atoms with Gasteiger partial charge in [-0.2, -0.15) is 0 Å². The van der Waals surface area contributed by atoms with Crippen LogP contribution >= 0.6 is 0 Å². The summed E-state index contributed by atoms with van der Waals surface area (Å²) < 4.78 is 27.1. The first kappa shape index (κ1) is 10.2. The maximum atomic E-state index is 13.5. The van der Waals surface area contributed by atoms with Crippen LogP contribution in [0.2, 0.25) is 0 Å². The van der Waals surface area contributed by atoms with Crippen LogP contribution in [0.5, 0.6) is 0 Å². The molecule has 2 aliphatic rings. The molecule has 3 unspecified atom stereocenters. The molecule has 0 saturated heterocycles. The van der Waals surface area contributed by atoms with Crippen molar-refractivity contribution in [3.05, 3.63) is 35.4 Å². The molecular formula is C13H15F2N. The Morgan fingerprint density at radius 2 is 1.62 bits per heavy atom. The van der Waals surface area contributed by atoms with Crippen LogP contribution in [0, 0.1) is 29.4 Å². The first-order chi connectivity index (χ1) is 7.66. The highest BCUT2D eigenvalue weighted by atomic mass is 19.1. The number of fused-ring (bicyclic) bond motifs is 1. The van der Waals surface area contributed by atoms with Gasteiger partial charge in [0, 0.05) is 11.6 Å². The predicted molar refractivity (Wildman–Crippen MR) is 57.6 cm³/mol. The third-order valence-electron chi connectivity index (χ3n) is 4.12. The molecule has 0 radical (unpaired) electrons. The van der Waals surface area contributed by atoms with E-state index in [1.165, 1.54) is 24.6 Å². The van der Waals surface area contributed by atoms with E-state index in [1.807, 2.05) is 0 Å². The molecule has 0 bridgehead atoms. The first-order valence-corrected chi connectivity index (χ1v) is 5.86. The molecule has 2 saturated carbocycles. The van der Waals surface area contributed by atoms with Crippen molar-refractivity contribution in [2.75, 3.05) is 0 Å². The summed E-state index contributed by atoms with van der Waals surface area (Å²) in [6, 6.07) is 3.48. The van der Waals surface area contributed by atoms with Crippen LogP contribution in [0.3, 0.4) is 0 Å². The van der Waals surface area contributed by atoms with Gasteiger partial charge < -0.3 is 5.73 Å². The van der Waals surface area contributed by atoms with Gasteiger partial charge in [0.15, 0.2) is 0 Å². The van der Waals surface area contributed by atoms with E-state index in [0.717, 1.165) is 24.7 Å². The van der Waals surface area contributed by atoms with Gasteiger partial charge in [0.1, 0.15) is 11.6 Å². The summed E-state index contributed by atoms with van der Waals surface area (Å²) in [5.41, 5.74) is 6.08. The zero-order valence-electron chi connectivity index (χ0n) is 9.00. The van der Waals surface area contributed by atoms with Gasteiger partial charge in [-0.05, 0) is 49.1 Å². The number of benzene rings is 1. The van der Waals surface area contributed by atoms with Crippen LogP contribution in [0.15, 0.2) is 18.2 Å². The quantitative estimate of drug-likeness (QED) is 0.819. The van der Waals surface area contributed by atoms with Crippen molar-refractivity contribution >= 4 is 0 Å². The molecular weight excluding hydrogens is 208 g/mol. The summed E-state index contributed by atoms with van der Waals surface area (Å²) in [5.74, 6) is 0.813. The highest BCUT2D eigenvalue weighted by molar-refractivity contribution is 5.24. The van der Waals surface area contributed by atoms with Crippen LogP contribution in [-0.4, -0.2) is 0 Å². The molecule has 0 aliphatic heterocycles. The zero-order valence-corrected chi connectivity index (χ0v) is 9.00. The average molecular weight is 223 g/mol. The Labute approximate surface area is 93.6 Å². The summed E-state index contributed by atoms with van der Waals surface area (Å²) >= 11 is 0. The van der Waals surface area contributed by atoms with Gasteiger partial charge in [-0.3, -0.25) is 0 Å². The molecule has 1 nitrogen and oxygen atoms in total. The lowest BCUT2D eigenvalue weighted by atomic mass is 9.89. The number of nitrogens with two attached hydrogens (primary N) is 1. The predicted octanol–water partition coefficient (Wildman–Crippen LogP) is 3.01. The minimum Gasteiger partial charge on any atom is -0.324 e. The van der Waals surface area contributed by atoms with Crippen LogP contribution in [0.25, 0.3) is 0 Å². The average Bonchev–Trinajstić information content (AvgIpc) is 2.85. The lowest BCUT2D eigenvalue weighted by Crippen LogP contribution is -2.22. The minimum absolute atomic E-state index is 0.0776. The Bertz CT molecular complexity index is 388. The lowest BCUT2D eigenvalue weighted by molar-refractivity contribution is 0.380. The Balaban J connectivity index is 1.85. The van der Waals surface area contributed by atoms with Crippen molar-refractivity contribution in [3.8, 4) is 0 Å². The second-order valence-corrected chi connectivity index (χ2v) is 5.15. The van der Waals surface area contributed by atoms with Crippen molar-refractivity contribution in [1.29, 1.82) is 0 Å². The van der Waals surface area contributed by atoms with E-state index in [2.05, 4.69) is 0 Å². The van der Waals surface area contributed by atoms with Gasteiger partial charge in [-0.25, -0.2) is 8.78 Å². The minimum atomic E-state index is -0.506. The Morgan fingerprint density at radius 3 is 2.19 bits per heavy atom. The van der Waals surface area contributed by atoms with Gasteiger partial charge in [0.2, 0.25) is 0 Å². The smallest absolute Gasteiger partial charge is 0.130 e. The van der Waals surface area contributed by atoms with Crippen LogP contribution in [-0.2, 0) is 0 Å². The summed E-state index contributed by atoms with van der Waals surface area (Å²) in [6.07, 6.45) is 3.38. The van der Waals surface area contributed by atoms with Gasteiger partial charge in [0.25, 0.3) is 0 Å². The SMILES string of the molecule is NC(c1c(F)cccc1F)C1CC2CC2C1. The highest BCUT2D eigenvalue weighted by Gasteiger charge is 2.48. The molecule has 2 aliphatic carbocycles. The van der Waals surface area contributed by atoms with E-state index >= 15 is 0 Å². The molecule has 1 aromatic carbocycles. The third kappa shape index (κ3) is 1.54. The first-order valence-electron chi connectivity index (χ1n) is 5.86. The topological polar surface area (TPSA) is 26.0 Å². The second-order valence-electron chi connectivity index (χ2n) is 5.15. The van der Waals surface area contributed by atoms with E-state index in [1.54, 1.807) is 0 Å². The molecule has 3 rings (SSSR count). The standard InChI is InChI=1S/C13H15F2N/c14-10-2-1-3-11(15)12(10)13(16)9-5-7-4-8(7)6-9/h1-3,7-9,13H,4-6,16H2. The molecule has 2 fully saturated rings. The van der Waals surface area contributed by atoms with E-state index in [9.17, 15) is 8.78 Å². The maximum Gasteiger partial charge on any atom is 0.130 e. The van der Waals surface area contributed by atoms with E-state index in [4.69, 9.17) is 5.73 Å². The second kappa shape index (κ2) is 3.52. The van der Waals surface area contributed by atoms with Crippen LogP contribution in [0.4, 0.5) is 8.78 Å². The van der Waals surface area contributed by atoms with Crippen molar-refractivity contribution in [2.24, 2.45) is 23.5 Å². The maximum absolute atomic E-state index is 13.5. The fourth-order valence-electron chi connectivity index (χ4n) is 3.12. The molecule has 3 heteroatoms. The van der Waals surface area contributed by atoms with E-state index in [-0.39, 0.29) is 11.5 Å². The normalized spacial score (nSPS) is 33.6. The van der Waals surface area contributed by atoms with Crippen LogP contribution < -0.4 is 5.73 Å². The molecule has 2 N–H and O–H groups in total. The van der Waals surface area contributed by atoms with Gasteiger partial charge in [-0.1, -0.05) is 6.07 Å². The van der Waals surface area contributed by atoms with Crippen molar-refractivity contribution in [3.63, 3.8) is 0 Å². The highest BCUT2D eigenvalue weighted by Crippen LogP contribution is 2.56. The van der Waals surface area contributed by atoms with Crippen LogP contribution in [0.1, 0.15) is 30.9 Å². The number of hydrogen-bond acceptors (Lipinski definition) is 1. The fraction of sp³-hybridized carbons (Fsp3) is 0.538. The fourth-order valence-corrected chi connectivity index (χ4v) is 3.12. The van der Waals surface area contributed by atoms with Gasteiger partial charge in [0.05, 0.1) is 0 Å². The summed E-state index contributed by atoms with van der Waals surface area (Å²) in [5, 5.41) is 0. The number of rotatable bonds is 2. The molecule has 0 spiro atoms. The monoisotopic (exact) mass is 223 g/mol. The third-order valence-corrected chi connectivity index (χ3v) is 4.12. The molecule has 86 valence electrons. The van der Waals surface area contributed by atoms with E-state index < -0.39 is 17.7 Å². The van der Waals surface area contributed by atoms with Gasteiger partial charge >= 0.3 is 0 Å². The lowest BCUT2D eigenvalue weighted by Gasteiger charge is -2.21. The van der Waals surface area contributed by atoms with Crippen molar-refractivity contribution < 1.29 is 8.78 Å². The summed E-state index contributed by atoms with van der Waals surface area (Å²) in [6.45, 7) is 0. The number of halogens is 2. The Kier molecular flexibility index (Phi) is 2.25. The Morgan fingerprint density at radius 1 is 1.06 bits per heavy atom. The van der Waals surface area contributed by atoms with E-state index in [0.29, 0.717) is 0 Å². The van der Waals surface area contributed by atoms with Crippen molar-refractivity contribution in [1.82, 2.24) is 0 Å². The summed E-state index contributed by atoms with van der Waals surface area (Å²) in [7, 11) is 0. The summed E-state index contributed by atoms with van der Waals surface area (Å²) in [4.78, 5) is 0. The van der Waals surface area contributed by atoms with Crippen molar-refractivity contribution in [2.45, 2.75) is 25.3 Å². The molecule has 3 atom stereocenters. The molecule has 0 heterocycles. The molecule has 16 heavy (non-hydrogen) atoms. The molecule has 0 aromatic heterocycles. The zero-order chi connectivity index (χ0) is 11.3.